The van der Waals surface area contributed by atoms with Crippen molar-refractivity contribution in [2.45, 2.75) is 0 Å². The molecule has 1 amide bonds. The molecule has 0 radical (unpaired) electrons. The number of aliphatic hydroxyl groups is 1. The van der Waals surface area contributed by atoms with Gasteiger partial charge >= 0.3 is 40.0 Å². The van der Waals surface area contributed by atoms with E-state index in [1.807, 2.05) is 0 Å². The molecule has 7 nitrogen and oxygen atoms in total. The van der Waals surface area contributed by atoms with Crippen molar-refractivity contribution in [1.29, 1.82) is 0 Å². The van der Waals surface area contributed by atoms with E-state index in [1.54, 1.807) is 0 Å². The van der Waals surface area contributed by atoms with Gasteiger partial charge in [-0.3, -0.25) is 13.9 Å². The van der Waals surface area contributed by atoms with Gasteiger partial charge in [0.1, 0.15) is 6.61 Å². The maximum atomic E-state index is 9.34. The van der Waals surface area contributed by atoms with Crippen LogP contribution in [-0.4, -0.2) is 64.7 Å². The summed E-state index contributed by atoms with van der Waals surface area (Å²) in [6, 6.07) is 0. The molecule has 0 atom stereocenters. The van der Waals surface area contributed by atoms with E-state index in [2.05, 4.69) is 5.73 Å². The Bertz CT molecular complexity index is 179. The molecule has 0 heterocycles. The van der Waals surface area contributed by atoms with E-state index in [1.165, 1.54) is 0 Å². The van der Waals surface area contributed by atoms with Gasteiger partial charge in [-0.2, -0.15) is 8.42 Å². The van der Waals surface area contributed by atoms with E-state index in [4.69, 9.17) is 22.6 Å². The predicted molar refractivity (Wildman–Crippen MR) is 37.6 cm³/mol. The van der Waals surface area contributed by atoms with Crippen LogP contribution in [0.3, 0.4) is 0 Å². The number of carbonyl (C=O) groups is 1. The Balaban J connectivity index is -0.000000107. The van der Waals surface area contributed by atoms with Crippen molar-refractivity contribution >= 4 is 45.9 Å². The van der Waals surface area contributed by atoms with Crippen molar-refractivity contribution in [3.8, 4) is 0 Å². The Kier molecular flexibility index (Phi) is 13.3. The van der Waals surface area contributed by atoms with Gasteiger partial charge < -0.3 is 10.8 Å². The van der Waals surface area contributed by atoms with Gasteiger partial charge in [-0.1, -0.05) is 0 Å². The van der Waals surface area contributed by atoms with Crippen LogP contribution in [0.1, 0.15) is 0 Å². The summed E-state index contributed by atoms with van der Waals surface area (Å²) in [5, 5.41) is 7.67. The fourth-order valence-corrected chi connectivity index (χ4v) is 0. The quantitative estimate of drug-likeness (QED) is 0.264. The molecule has 5 N–H and O–H groups in total. The van der Waals surface area contributed by atoms with E-state index >= 15 is 0 Å². The first-order valence-corrected chi connectivity index (χ1v) is 3.26. The van der Waals surface area contributed by atoms with E-state index in [9.17, 15) is 4.79 Å². The minimum atomic E-state index is -4.67. The molecule has 9 heteroatoms. The zero-order chi connectivity index (χ0) is 8.78. The van der Waals surface area contributed by atoms with Crippen molar-refractivity contribution in [2.24, 2.45) is 5.73 Å². The summed E-state index contributed by atoms with van der Waals surface area (Å²) in [5.74, 6) is -0.690. The van der Waals surface area contributed by atoms with Crippen LogP contribution in [0.4, 0.5) is 0 Å². The summed E-state index contributed by atoms with van der Waals surface area (Å²) in [6.07, 6.45) is 0. The van der Waals surface area contributed by atoms with Crippen molar-refractivity contribution < 1.29 is 27.4 Å². The molecule has 0 aromatic carbocycles. The number of primary amides is 1. The van der Waals surface area contributed by atoms with E-state index in [-0.39, 0.29) is 29.6 Å². The normalized spacial score (nSPS) is 8.64. The molecular formula is C2H8NNaO6S. The molecule has 0 aromatic heterocycles. The van der Waals surface area contributed by atoms with E-state index < -0.39 is 22.9 Å². The first-order valence-electron chi connectivity index (χ1n) is 1.86. The van der Waals surface area contributed by atoms with Crippen molar-refractivity contribution in [3.05, 3.63) is 0 Å². The molecule has 0 saturated carbocycles. The average molecular weight is 197 g/mol. The number of hydrogen-bond donors (Lipinski definition) is 4. The number of aliphatic hydroxyl groups excluding tert-OH is 1. The first-order chi connectivity index (χ1) is 4.27. The second-order valence-corrected chi connectivity index (χ2v) is 1.97. The molecule has 0 bridgehead atoms. The topological polar surface area (TPSA) is 138 Å². The van der Waals surface area contributed by atoms with Gasteiger partial charge in [0.15, 0.2) is 0 Å². The number of rotatable bonds is 1. The summed E-state index contributed by atoms with van der Waals surface area (Å²) in [6.45, 7) is -0.556. The van der Waals surface area contributed by atoms with Gasteiger partial charge in [-0.05, 0) is 0 Å². The number of amides is 1. The second-order valence-electron chi connectivity index (χ2n) is 1.07. The van der Waals surface area contributed by atoms with E-state index in [0.29, 0.717) is 0 Å². The Morgan fingerprint density at radius 1 is 1.36 bits per heavy atom. The molecule has 64 valence electrons. The first kappa shape index (κ1) is 17.4. The summed E-state index contributed by atoms with van der Waals surface area (Å²) in [4.78, 5) is 9.34. The summed E-state index contributed by atoms with van der Waals surface area (Å²) < 4.78 is 31.6. The molecular weight excluding hydrogens is 189 g/mol. The molecule has 0 aromatic rings. The fourth-order valence-electron chi connectivity index (χ4n) is 0. The molecule has 0 spiro atoms. The van der Waals surface area contributed by atoms with Crippen LogP contribution < -0.4 is 5.73 Å². The molecule has 0 unspecified atom stereocenters. The number of carbonyl (C=O) groups excluding carboxylic acids is 1. The van der Waals surface area contributed by atoms with Gasteiger partial charge in [0.2, 0.25) is 5.91 Å². The summed E-state index contributed by atoms with van der Waals surface area (Å²) in [7, 11) is -4.67. The summed E-state index contributed by atoms with van der Waals surface area (Å²) in [5.41, 5.74) is 4.40. The Labute approximate surface area is 85.5 Å². The third-order valence-electron chi connectivity index (χ3n) is 0.156. The average Bonchev–Trinajstić information content (AvgIpc) is 1.61. The predicted octanol–water partition coefficient (Wildman–Crippen LogP) is -2.84. The van der Waals surface area contributed by atoms with Crippen molar-refractivity contribution in [3.63, 3.8) is 0 Å². The van der Waals surface area contributed by atoms with Crippen molar-refractivity contribution in [2.75, 3.05) is 6.61 Å². The molecule has 0 rings (SSSR count). The van der Waals surface area contributed by atoms with Gasteiger partial charge in [-0.25, -0.2) is 0 Å². The second kappa shape index (κ2) is 8.40. The molecule has 0 saturated heterocycles. The zero-order valence-electron chi connectivity index (χ0n) is 4.76. The SMILES string of the molecule is NC(=O)CO.O=S(=O)(O)O.[NaH]. The molecule has 11 heavy (non-hydrogen) atoms. The Morgan fingerprint density at radius 3 is 1.45 bits per heavy atom. The van der Waals surface area contributed by atoms with Crippen molar-refractivity contribution in [1.82, 2.24) is 0 Å². The van der Waals surface area contributed by atoms with Crippen LogP contribution in [0.25, 0.3) is 0 Å². The molecule has 0 aliphatic carbocycles. The Hall–Kier alpha value is 0.300. The third-order valence-corrected chi connectivity index (χ3v) is 0.156. The van der Waals surface area contributed by atoms with Crippen LogP contribution >= 0.6 is 0 Å². The minimum absolute atomic E-state index is 0. The standard InChI is InChI=1S/C2H5NO2.Na.H2O4S.H/c3-2(5)1-4;;1-5(2,3)4;/h4H,1H2,(H2,3,5);;(H2,1,2,3,4);. The van der Waals surface area contributed by atoms with Crippen LogP contribution in [0, 0.1) is 0 Å². The Morgan fingerprint density at radius 2 is 1.45 bits per heavy atom. The maximum absolute atomic E-state index is 9.34. The zero-order valence-corrected chi connectivity index (χ0v) is 5.58. The van der Waals surface area contributed by atoms with Gasteiger partial charge in [-0.15, -0.1) is 0 Å². The summed E-state index contributed by atoms with van der Waals surface area (Å²) >= 11 is 0. The van der Waals surface area contributed by atoms with E-state index in [0.717, 1.165) is 0 Å². The van der Waals surface area contributed by atoms with Gasteiger partial charge in [0, 0.05) is 0 Å². The van der Waals surface area contributed by atoms with Crippen LogP contribution in [0.2, 0.25) is 0 Å². The third kappa shape index (κ3) is 134. The number of hydrogen-bond acceptors (Lipinski definition) is 4. The number of nitrogens with two attached hydrogens (primary N) is 1. The van der Waals surface area contributed by atoms with Crippen LogP contribution in [0.15, 0.2) is 0 Å². The molecule has 0 fully saturated rings. The molecule has 0 aliphatic rings. The monoisotopic (exact) mass is 197 g/mol. The van der Waals surface area contributed by atoms with Gasteiger partial charge in [0.25, 0.3) is 0 Å². The van der Waals surface area contributed by atoms with Crippen LogP contribution in [-0.2, 0) is 15.2 Å². The fraction of sp³-hybridized carbons (Fsp3) is 0.500. The van der Waals surface area contributed by atoms with Crippen LogP contribution in [0.5, 0.6) is 0 Å². The molecule has 0 aliphatic heterocycles. The van der Waals surface area contributed by atoms with Gasteiger partial charge in [0.05, 0.1) is 0 Å².